The Labute approximate surface area is 129 Å². The zero-order valence-corrected chi connectivity index (χ0v) is 13.0. The van der Waals surface area contributed by atoms with Gasteiger partial charge >= 0.3 is 6.01 Å². The molecule has 116 valence electrons. The van der Waals surface area contributed by atoms with Crippen LogP contribution in [0.2, 0.25) is 0 Å². The van der Waals surface area contributed by atoms with Crippen molar-refractivity contribution in [3.05, 3.63) is 29.8 Å². The maximum Gasteiger partial charge on any atom is 0.320 e. The molecular formula is C16H18N2O4. The van der Waals surface area contributed by atoms with Gasteiger partial charge in [0.2, 0.25) is 11.7 Å². The van der Waals surface area contributed by atoms with Crippen LogP contribution >= 0.6 is 0 Å². The zero-order chi connectivity index (χ0) is 15.7. The van der Waals surface area contributed by atoms with E-state index in [1.807, 2.05) is 32.0 Å². The maximum atomic E-state index is 5.87. The fraction of sp³-hybridized carbons (Fsp3) is 0.375. The van der Waals surface area contributed by atoms with Gasteiger partial charge in [-0.15, -0.1) is 0 Å². The molecule has 0 spiro atoms. The maximum absolute atomic E-state index is 5.87. The summed E-state index contributed by atoms with van der Waals surface area (Å²) in [6, 6.07) is 7.84. The number of aromatic nitrogens is 2. The first-order chi connectivity index (χ1) is 10.5. The number of hydrogen-bond acceptors (Lipinski definition) is 6. The number of nitrogens with zero attached hydrogens (tertiary/aromatic N) is 2. The number of hydrogen-bond donors (Lipinski definition) is 0. The predicted molar refractivity (Wildman–Crippen MR) is 80.1 cm³/mol. The zero-order valence-electron chi connectivity index (χ0n) is 13.0. The lowest BCUT2D eigenvalue weighted by molar-refractivity contribution is -0.179. The molecule has 0 bridgehead atoms. The number of rotatable bonds is 3. The quantitative estimate of drug-likeness (QED) is 0.869. The van der Waals surface area contributed by atoms with Crippen LogP contribution in [0.1, 0.15) is 19.4 Å². The SMILES string of the molecule is COc1cc(-c2cccc3c2COC(C)(C)O3)nc(OC)n1. The van der Waals surface area contributed by atoms with Gasteiger partial charge in [-0.3, -0.25) is 0 Å². The molecule has 3 rings (SSSR count). The van der Waals surface area contributed by atoms with E-state index in [-0.39, 0.29) is 6.01 Å². The van der Waals surface area contributed by atoms with E-state index in [2.05, 4.69) is 9.97 Å². The molecule has 6 nitrogen and oxygen atoms in total. The van der Waals surface area contributed by atoms with Crippen molar-refractivity contribution in [2.75, 3.05) is 14.2 Å². The Morgan fingerprint density at radius 3 is 2.68 bits per heavy atom. The molecule has 1 aliphatic heterocycles. The standard InChI is InChI=1S/C16H18N2O4/c1-16(2)21-9-11-10(6-5-7-13(11)22-16)12-8-14(19-3)18-15(17-12)20-4/h5-8H,9H2,1-4H3. The van der Waals surface area contributed by atoms with Crippen molar-refractivity contribution in [2.45, 2.75) is 26.2 Å². The first-order valence-corrected chi connectivity index (χ1v) is 6.95. The van der Waals surface area contributed by atoms with Crippen molar-refractivity contribution in [3.63, 3.8) is 0 Å². The minimum absolute atomic E-state index is 0.255. The van der Waals surface area contributed by atoms with Gasteiger partial charge in [-0.25, -0.2) is 0 Å². The number of benzene rings is 1. The summed E-state index contributed by atoms with van der Waals surface area (Å²) >= 11 is 0. The number of methoxy groups -OCH3 is 2. The lowest BCUT2D eigenvalue weighted by atomic mass is 10.0. The van der Waals surface area contributed by atoms with Gasteiger partial charge in [0.05, 0.1) is 26.5 Å². The topological polar surface area (TPSA) is 62.7 Å². The molecule has 6 heteroatoms. The van der Waals surface area contributed by atoms with Gasteiger partial charge in [0, 0.05) is 31.0 Å². The molecule has 1 aromatic heterocycles. The second kappa shape index (κ2) is 5.46. The monoisotopic (exact) mass is 302 g/mol. The van der Waals surface area contributed by atoms with Gasteiger partial charge in [-0.05, 0) is 6.07 Å². The molecule has 0 fully saturated rings. The van der Waals surface area contributed by atoms with Crippen LogP contribution in [0.4, 0.5) is 0 Å². The lowest BCUT2D eigenvalue weighted by Gasteiger charge is -2.33. The Hall–Kier alpha value is -2.34. The van der Waals surface area contributed by atoms with Crippen LogP contribution in [0.5, 0.6) is 17.6 Å². The molecule has 2 aromatic rings. The van der Waals surface area contributed by atoms with Crippen molar-refractivity contribution < 1.29 is 18.9 Å². The second-order valence-corrected chi connectivity index (χ2v) is 5.36. The molecule has 0 saturated carbocycles. The van der Waals surface area contributed by atoms with Crippen LogP contribution in [0.15, 0.2) is 24.3 Å². The first-order valence-electron chi connectivity index (χ1n) is 6.95. The van der Waals surface area contributed by atoms with Crippen LogP contribution in [-0.4, -0.2) is 30.0 Å². The summed E-state index contributed by atoms with van der Waals surface area (Å²) in [6.45, 7) is 4.23. The average Bonchev–Trinajstić information content (AvgIpc) is 2.52. The molecule has 2 heterocycles. The summed E-state index contributed by atoms with van der Waals surface area (Å²) in [5.74, 6) is 0.606. The molecule has 0 N–H and O–H groups in total. The predicted octanol–water partition coefficient (Wildman–Crippen LogP) is 2.81. The van der Waals surface area contributed by atoms with E-state index in [0.29, 0.717) is 18.2 Å². The smallest absolute Gasteiger partial charge is 0.320 e. The van der Waals surface area contributed by atoms with Crippen LogP contribution in [0, 0.1) is 0 Å². The molecule has 0 aliphatic carbocycles. The number of ether oxygens (including phenoxy) is 4. The van der Waals surface area contributed by atoms with E-state index in [9.17, 15) is 0 Å². The Balaban J connectivity index is 2.10. The van der Waals surface area contributed by atoms with Crippen molar-refractivity contribution in [3.8, 4) is 28.9 Å². The van der Waals surface area contributed by atoms with Crippen LogP contribution < -0.4 is 14.2 Å². The number of fused-ring (bicyclic) bond motifs is 1. The minimum atomic E-state index is -0.632. The Morgan fingerprint density at radius 2 is 1.95 bits per heavy atom. The molecule has 22 heavy (non-hydrogen) atoms. The van der Waals surface area contributed by atoms with Gasteiger partial charge < -0.3 is 18.9 Å². The first kappa shape index (κ1) is 14.6. The Kier molecular flexibility index (Phi) is 3.62. The van der Waals surface area contributed by atoms with Crippen molar-refractivity contribution in [1.82, 2.24) is 9.97 Å². The highest BCUT2D eigenvalue weighted by Crippen LogP contribution is 2.37. The fourth-order valence-corrected chi connectivity index (χ4v) is 2.33. The Bertz CT molecular complexity index is 678. The molecule has 1 aliphatic rings. The van der Waals surface area contributed by atoms with Gasteiger partial charge in [0.25, 0.3) is 0 Å². The van der Waals surface area contributed by atoms with Crippen molar-refractivity contribution in [2.24, 2.45) is 0 Å². The summed E-state index contributed by atoms with van der Waals surface area (Å²) in [5.41, 5.74) is 2.56. The lowest BCUT2D eigenvalue weighted by Crippen LogP contribution is -2.35. The normalized spacial score (nSPS) is 15.6. The fourth-order valence-electron chi connectivity index (χ4n) is 2.33. The largest absolute Gasteiger partial charge is 0.481 e. The van der Waals surface area contributed by atoms with Crippen LogP contribution in [0.25, 0.3) is 11.3 Å². The van der Waals surface area contributed by atoms with E-state index in [0.717, 1.165) is 16.9 Å². The molecular weight excluding hydrogens is 284 g/mol. The molecule has 0 saturated heterocycles. The summed E-state index contributed by atoms with van der Waals surface area (Å²) in [5, 5.41) is 0. The van der Waals surface area contributed by atoms with Gasteiger partial charge in [0.1, 0.15) is 5.75 Å². The molecule has 0 radical (unpaired) electrons. The average molecular weight is 302 g/mol. The van der Waals surface area contributed by atoms with Crippen molar-refractivity contribution in [1.29, 1.82) is 0 Å². The molecule has 0 atom stereocenters. The second-order valence-electron chi connectivity index (χ2n) is 5.36. The van der Waals surface area contributed by atoms with Crippen molar-refractivity contribution >= 4 is 0 Å². The molecule has 1 aromatic carbocycles. The van der Waals surface area contributed by atoms with E-state index in [1.165, 1.54) is 7.11 Å². The van der Waals surface area contributed by atoms with E-state index >= 15 is 0 Å². The van der Waals surface area contributed by atoms with Gasteiger partial charge in [-0.2, -0.15) is 9.97 Å². The molecule has 0 amide bonds. The summed E-state index contributed by atoms with van der Waals surface area (Å²) in [4.78, 5) is 8.50. The Morgan fingerprint density at radius 1 is 1.14 bits per heavy atom. The van der Waals surface area contributed by atoms with Gasteiger partial charge in [-0.1, -0.05) is 12.1 Å². The summed E-state index contributed by atoms with van der Waals surface area (Å²) < 4.78 is 21.9. The van der Waals surface area contributed by atoms with Crippen LogP contribution in [0.3, 0.4) is 0 Å². The third kappa shape index (κ3) is 2.69. The summed E-state index contributed by atoms with van der Waals surface area (Å²) in [6.07, 6.45) is 0. The highest BCUT2D eigenvalue weighted by atomic mass is 16.7. The third-order valence-electron chi connectivity index (χ3n) is 3.40. The van der Waals surface area contributed by atoms with Gasteiger partial charge in [0.15, 0.2) is 0 Å². The third-order valence-corrected chi connectivity index (χ3v) is 3.40. The van der Waals surface area contributed by atoms with E-state index < -0.39 is 5.79 Å². The van der Waals surface area contributed by atoms with Crippen LogP contribution in [-0.2, 0) is 11.3 Å². The molecule has 0 unspecified atom stereocenters. The highest BCUT2D eigenvalue weighted by Gasteiger charge is 2.29. The van der Waals surface area contributed by atoms with E-state index in [1.54, 1.807) is 13.2 Å². The highest BCUT2D eigenvalue weighted by molar-refractivity contribution is 5.68. The summed E-state index contributed by atoms with van der Waals surface area (Å²) in [7, 11) is 3.08. The van der Waals surface area contributed by atoms with E-state index in [4.69, 9.17) is 18.9 Å². The minimum Gasteiger partial charge on any atom is -0.481 e.